The maximum absolute atomic E-state index is 6.45. The van der Waals surface area contributed by atoms with Gasteiger partial charge in [-0.15, -0.1) is 0 Å². The molecule has 4 nitrogen and oxygen atoms in total. The van der Waals surface area contributed by atoms with Gasteiger partial charge in [-0.3, -0.25) is 0 Å². The molecule has 0 aliphatic heterocycles. The highest BCUT2D eigenvalue weighted by Crippen LogP contribution is 2.27. The minimum Gasteiger partial charge on any atom is -0.385 e. The van der Waals surface area contributed by atoms with Crippen LogP contribution in [0.4, 0.5) is 5.69 Å². The molecule has 0 fully saturated rings. The monoisotopic (exact) mass is 314 g/mol. The van der Waals surface area contributed by atoms with E-state index in [1.165, 1.54) is 5.56 Å². The summed E-state index contributed by atoms with van der Waals surface area (Å²) >= 11 is 6.45. The number of anilines is 1. The number of hydrogen-bond donors (Lipinski definition) is 1. The summed E-state index contributed by atoms with van der Waals surface area (Å²) in [6, 6.07) is 6.26. The number of benzene rings is 1. The van der Waals surface area contributed by atoms with Crippen molar-refractivity contribution in [1.82, 2.24) is 5.32 Å². The summed E-state index contributed by atoms with van der Waals surface area (Å²) in [5, 5.41) is 4.10. The Labute approximate surface area is 133 Å². The Morgan fingerprint density at radius 1 is 1.14 bits per heavy atom. The Balaban J connectivity index is 2.75. The van der Waals surface area contributed by atoms with Crippen LogP contribution in [0.5, 0.6) is 0 Å². The minimum atomic E-state index is 0.683. The first kappa shape index (κ1) is 18.2. The Morgan fingerprint density at radius 3 is 2.52 bits per heavy atom. The Bertz CT molecular complexity index is 402. The van der Waals surface area contributed by atoms with Crippen molar-refractivity contribution in [3.63, 3.8) is 0 Å². The molecule has 0 aliphatic rings. The molecule has 0 heterocycles. The van der Waals surface area contributed by atoms with Gasteiger partial charge in [0.05, 0.1) is 17.3 Å². The smallest absolute Gasteiger partial charge is 0.0642 e. The zero-order valence-corrected chi connectivity index (χ0v) is 14.1. The van der Waals surface area contributed by atoms with Crippen molar-refractivity contribution in [3.05, 3.63) is 28.8 Å². The number of rotatable bonds is 11. The van der Waals surface area contributed by atoms with Crippen molar-refractivity contribution >= 4 is 17.3 Å². The molecule has 0 atom stereocenters. The van der Waals surface area contributed by atoms with Gasteiger partial charge in [0.1, 0.15) is 0 Å². The Morgan fingerprint density at radius 2 is 1.90 bits per heavy atom. The average Bonchev–Trinajstić information content (AvgIpc) is 2.49. The highest BCUT2D eigenvalue weighted by Gasteiger charge is 2.10. The van der Waals surface area contributed by atoms with E-state index in [9.17, 15) is 0 Å². The standard InChI is InChI=1S/C16H27ClN2O2/c1-4-18-13-14-6-7-16(15(17)12-14)19(9-11-21-3)8-5-10-20-2/h6-7,12,18H,4-5,8-11,13H2,1-3H3. The van der Waals surface area contributed by atoms with Gasteiger partial charge in [-0.2, -0.15) is 0 Å². The van der Waals surface area contributed by atoms with Gasteiger partial charge in [-0.25, -0.2) is 0 Å². The van der Waals surface area contributed by atoms with Crippen molar-refractivity contribution in [2.45, 2.75) is 19.9 Å². The normalized spacial score (nSPS) is 10.9. The quantitative estimate of drug-likeness (QED) is 0.637. The lowest BCUT2D eigenvalue weighted by Gasteiger charge is -2.26. The fourth-order valence-electron chi connectivity index (χ4n) is 2.14. The van der Waals surface area contributed by atoms with Gasteiger partial charge < -0.3 is 19.7 Å². The van der Waals surface area contributed by atoms with Gasteiger partial charge in [0, 0.05) is 40.5 Å². The van der Waals surface area contributed by atoms with E-state index in [1.54, 1.807) is 14.2 Å². The summed E-state index contributed by atoms with van der Waals surface area (Å²) in [5.41, 5.74) is 2.26. The number of nitrogens with one attached hydrogen (secondary N) is 1. The number of nitrogens with zero attached hydrogens (tertiary/aromatic N) is 1. The largest absolute Gasteiger partial charge is 0.385 e. The average molecular weight is 315 g/mol. The summed E-state index contributed by atoms with van der Waals surface area (Å²) in [7, 11) is 3.44. The van der Waals surface area contributed by atoms with Crippen LogP contribution in [0.25, 0.3) is 0 Å². The van der Waals surface area contributed by atoms with E-state index < -0.39 is 0 Å². The molecule has 120 valence electrons. The van der Waals surface area contributed by atoms with Gasteiger partial charge in [-0.1, -0.05) is 24.6 Å². The van der Waals surface area contributed by atoms with E-state index >= 15 is 0 Å². The molecule has 0 aliphatic carbocycles. The highest BCUT2D eigenvalue weighted by molar-refractivity contribution is 6.33. The summed E-state index contributed by atoms with van der Waals surface area (Å²) in [4.78, 5) is 2.25. The first-order chi connectivity index (χ1) is 10.2. The molecular formula is C16H27ClN2O2. The van der Waals surface area contributed by atoms with Crippen molar-refractivity contribution in [1.29, 1.82) is 0 Å². The van der Waals surface area contributed by atoms with Crippen LogP contribution < -0.4 is 10.2 Å². The predicted octanol–water partition coefficient (Wildman–Crippen LogP) is 2.94. The molecule has 0 spiro atoms. The van der Waals surface area contributed by atoms with Crippen LogP contribution in [0.3, 0.4) is 0 Å². The van der Waals surface area contributed by atoms with E-state index in [1.807, 2.05) is 6.07 Å². The maximum atomic E-state index is 6.45. The minimum absolute atomic E-state index is 0.683. The van der Waals surface area contributed by atoms with Crippen LogP contribution in [-0.2, 0) is 16.0 Å². The van der Waals surface area contributed by atoms with E-state index in [0.717, 1.165) is 49.9 Å². The van der Waals surface area contributed by atoms with Gasteiger partial charge >= 0.3 is 0 Å². The highest BCUT2D eigenvalue weighted by atomic mass is 35.5. The summed E-state index contributed by atoms with van der Waals surface area (Å²) in [6.07, 6.45) is 0.968. The number of halogens is 1. The van der Waals surface area contributed by atoms with E-state index in [2.05, 4.69) is 29.3 Å². The first-order valence-corrected chi connectivity index (χ1v) is 7.82. The Kier molecular flexibility index (Phi) is 9.42. The van der Waals surface area contributed by atoms with Crippen LogP contribution in [0, 0.1) is 0 Å². The van der Waals surface area contributed by atoms with Gasteiger partial charge in [0.2, 0.25) is 0 Å². The van der Waals surface area contributed by atoms with Crippen molar-refractivity contribution in [3.8, 4) is 0 Å². The van der Waals surface area contributed by atoms with Crippen LogP contribution in [0.15, 0.2) is 18.2 Å². The molecule has 21 heavy (non-hydrogen) atoms. The zero-order chi connectivity index (χ0) is 15.5. The molecule has 0 amide bonds. The zero-order valence-electron chi connectivity index (χ0n) is 13.3. The molecule has 1 aromatic rings. The molecule has 0 unspecified atom stereocenters. The van der Waals surface area contributed by atoms with Crippen molar-refractivity contribution in [2.24, 2.45) is 0 Å². The fourth-order valence-corrected chi connectivity index (χ4v) is 2.46. The molecular weight excluding hydrogens is 288 g/mol. The van der Waals surface area contributed by atoms with Crippen LogP contribution in [0.1, 0.15) is 18.9 Å². The second-order valence-corrected chi connectivity index (χ2v) is 5.30. The molecule has 5 heteroatoms. The van der Waals surface area contributed by atoms with Crippen LogP contribution >= 0.6 is 11.6 Å². The summed E-state index contributed by atoms with van der Waals surface area (Å²) < 4.78 is 10.3. The Hall–Kier alpha value is -0.810. The molecule has 0 bridgehead atoms. The molecule has 1 N–H and O–H groups in total. The molecule has 0 radical (unpaired) electrons. The SMILES string of the molecule is CCNCc1ccc(N(CCCOC)CCOC)c(Cl)c1. The lowest BCUT2D eigenvalue weighted by molar-refractivity contribution is 0.191. The fraction of sp³-hybridized carbons (Fsp3) is 0.625. The van der Waals surface area contributed by atoms with Gasteiger partial charge in [-0.05, 0) is 30.7 Å². The third-order valence-electron chi connectivity index (χ3n) is 3.27. The lowest BCUT2D eigenvalue weighted by atomic mass is 10.2. The summed E-state index contributed by atoms with van der Waals surface area (Å²) in [6.45, 7) is 7.06. The predicted molar refractivity (Wildman–Crippen MR) is 89.4 cm³/mol. The molecule has 0 saturated heterocycles. The summed E-state index contributed by atoms with van der Waals surface area (Å²) in [5.74, 6) is 0. The number of methoxy groups -OCH3 is 2. The lowest BCUT2D eigenvalue weighted by Crippen LogP contribution is -2.29. The van der Waals surface area contributed by atoms with Crippen LogP contribution in [-0.4, -0.2) is 47.1 Å². The number of ether oxygens (including phenoxy) is 2. The first-order valence-electron chi connectivity index (χ1n) is 7.44. The third kappa shape index (κ3) is 6.66. The van der Waals surface area contributed by atoms with E-state index in [-0.39, 0.29) is 0 Å². The van der Waals surface area contributed by atoms with Gasteiger partial charge in [0.15, 0.2) is 0 Å². The van der Waals surface area contributed by atoms with E-state index in [0.29, 0.717) is 6.61 Å². The molecule has 1 rings (SSSR count). The van der Waals surface area contributed by atoms with E-state index in [4.69, 9.17) is 21.1 Å². The third-order valence-corrected chi connectivity index (χ3v) is 3.58. The molecule has 0 aromatic heterocycles. The van der Waals surface area contributed by atoms with Crippen molar-refractivity contribution < 1.29 is 9.47 Å². The second kappa shape index (κ2) is 10.9. The topological polar surface area (TPSA) is 33.7 Å². The molecule has 0 saturated carbocycles. The molecule has 1 aromatic carbocycles. The maximum Gasteiger partial charge on any atom is 0.0642 e. The number of hydrogen-bond acceptors (Lipinski definition) is 4. The van der Waals surface area contributed by atoms with Crippen LogP contribution in [0.2, 0.25) is 5.02 Å². The second-order valence-electron chi connectivity index (χ2n) is 4.89. The van der Waals surface area contributed by atoms with Crippen molar-refractivity contribution in [2.75, 3.05) is 52.0 Å². The van der Waals surface area contributed by atoms with Gasteiger partial charge in [0.25, 0.3) is 0 Å².